The van der Waals surface area contributed by atoms with E-state index in [-0.39, 0.29) is 12.6 Å². The zero-order chi connectivity index (χ0) is 14.5. The summed E-state index contributed by atoms with van der Waals surface area (Å²) >= 11 is 0. The van der Waals surface area contributed by atoms with Crippen LogP contribution in [0.5, 0.6) is 0 Å². The number of carbonyl (C=O) groups excluding carboxylic acids is 1. The van der Waals surface area contributed by atoms with Gasteiger partial charge in [0, 0.05) is 12.1 Å². The minimum absolute atomic E-state index is 0.280. The first-order chi connectivity index (χ1) is 8.80. The van der Waals surface area contributed by atoms with Gasteiger partial charge in [-0.15, -0.1) is 0 Å². The number of carboxylic acids is 1. The lowest BCUT2D eigenvalue weighted by atomic mass is 10.1. The third-order valence-electron chi connectivity index (χ3n) is 3.21. The van der Waals surface area contributed by atoms with Gasteiger partial charge in [-0.2, -0.15) is 0 Å². The average molecular weight is 268 g/mol. The Hall–Kier alpha value is -1.52. The topological polar surface area (TPSA) is 69.6 Å². The zero-order valence-corrected chi connectivity index (χ0v) is 12.0. The van der Waals surface area contributed by atoms with E-state index in [1.165, 1.54) is 16.9 Å². The molecule has 0 heterocycles. The fourth-order valence-corrected chi connectivity index (χ4v) is 2.14. The molecular formula is C14H24N2O3. The van der Waals surface area contributed by atoms with Gasteiger partial charge in [0.15, 0.2) is 0 Å². The highest BCUT2D eigenvalue weighted by molar-refractivity contribution is 5.80. The number of rotatable bonds is 5. The molecule has 108 valence electrons. The summed E-state index contributed by atoms with van der Waals surface area (Å²) in [5, 5.41) is 11.7. The molecule has 2 amide bonds. The molecule has 5 heteroatoms. The number of hydrogen-bond donors (Lipinski definition) is 2. The van der Waals surface area contributed by atoms with Gasteiger partial charge < -0.3 is 15.3 Å². The molecule has 0 bridgehead atoms. The number of allylic oxidation sites excluding steroid dienone is 1. The van der Waals surface area contributed by atoms with Crippen molar-refractivity contribution in [1.29, 1.82) is 0 Å². The van der Waals surface area contributed by atoms with Crippen molar-refractivity contribution < 1.29 is 14.7 Å². The van der Waals surface area contributed by atoms with Crippen molar-refractivity contribution in [1.82, 2.24) is 10.2 Å². The van der Waals surface area contributed by atoms with E-state index in [0.29, 0.717) is 6.54 Å². The number of nitrogens with zero attached hydrogens (tertiary/aromatic N) is 1. The molecule has 0 aliphatic heterocycles. The van der Waals surface area contributed by atoms with Crippen LogP contribution in [0.15, 0.2) is 11.6 Å². The minimum atomic E-state index is -0.997. The summed E-state index contributed by atoms with van der Waals surface area (Å²) in [5.74, 6) is -0.997. The highest BCUT2D eigenvalue weighted by Gasteiger charge is 2.28. The van der Waals surface area contributed by atoms with E-state index in [0.717, 1.165) is 19.3 Å². The van der Waals surface area contributed by atoms with Crippen molar-refractivity contribution in [3.8, 4) is 0 Å². The lowest BCUT2D eigenvalue weighted by molar-refractivity contribution is -0.138. The summed E-state index contributed by atoms with van der Waals surface area (Å²) in [6, 6.07) is -0.312. The van der Waals surface area contributed by atoms with E-state index in [1.807, 2.05) is 20.8 Å². The molecule has 0 spiro atoms. The third-order valence-corrected chi connectivity index (χ3v) is 3.21. The molecule has 19 heavy (non-hydrogen) atoms. The second-order valence-corrected chi connectivity index (χ2v) is 5.89. The van der Waals surface area contributed by atoms with Gasteiger partial charge in [-0.3, -0.25) is 4.79 Å². The van der Waals surface area contributed by atoms with Gasteiger partial charge in [0.2, 0.25) is 0 Å². The number of urea groups is 1. The fourth-order valence-electron chi connectivity index (χ4n) is 2.14. The Labute approximate surface area is 114 Å². The summed E-state index contributed by atoms with van der Waals surface area (Å²) in [5.41, 5.74) is 0.885. The van der Waals surface area contributed by atoms with Gasteiger partial charge in [0.1, 0.15) is 6.54 Å². The maximum Gasteiger partial charge on any atom is 0.323 e. The molecule has 1 aliphatic rings. The van der Waals surface area contributed by atoms with Crippen molar-refractivity contribution in [3.05, 3.63) is 11.6 Å². The van der Waals surface area contributed by atoms with E-state index in [2.05, 4.69) is 11.4 Å². The lowest BCUT2D eigenvalue weighted by Crippen LogP contribution is -2.52. The van der Waals surface area contributed by atoms with Crippen molar-refractivity contribution in [2.75, 3.05) is 13.1 Å². The molecule has 1 aliphatic carbocycles. The molecule has 0 aromatic heterocycles. The second kappa shape index (κ2) is 6.59. The van der Waals surface area contributed by atoms with Crippen LogP contribution in [0.2, 0.25) is 0 Å². The molecule has 0 radical (unpaired) electrons. The minimum Gasteiger partial charge on any atom is -0.480 e. The number of hydrogen-bond acceptors (Lipinski definition) is 2. The molecule has 2 N–H and O–H groups in total. The van der Waals surface area contributed by atoms with Gasteiger partial charge in [0.25, 0.3) is 0 Å². The van der Waals surface area contributed by atoms with Crippen molar-refractivity contribution in [2.24, 2.45) is 0 Å². The van der Waals surface area contributed by atoms with Gasteiger partial charge in [-0.25, -0.2) is 4.79 Å². The van der Waals surface area contributed by atoms with Crippen molar-refractivity contribution >= 4 is 12.0 Å². The summed E-state index contributed by atoms with van der Waals surface area (Å²) in [4.78, 5) is 24.2. The number of nitrogens with one attached hydrogen (secondary N) is 1. The van der Waals surface area contributed by atoms with Crippen LogP contribution in [-0.4, -0.2) is 40.6 Å². The first-order valence-corrected chi connectivity index (χ1v) is 6.76. The van der Waals surface area contributed by atoms with Gasteiger partial charge >= 0.3 is 12.0 Å². The maximum absolute atomic E-state index is 12.0. The largest absolute Gasteiger partial charge is 0.480 e. The van der Waals surface area contributed by atoms with E-state index in [9.17, 15) is 9.59 Å². The van der Waals surface area contributed by atoms with Crippen LogP contribution in [0.4, 0.5) is 4.79 Å². The molecule has 0 fully saturated rings. The Bertz CT molecular complexity index is 369. The predicted molar refractivity (Wildman–Crippen MR) is 74.0 cm³/mol. The third kappa shape index (κ3) is 5.32. The van der Waals surface area contributed by atoms with Gasteiger partial charge in [-0.1, -0.05) is 11.6 Å². The quantitative estimate of drug-likeness (QED) is 0.752. The molecule has 0 saturated heterocycles. The Balaban J connectivity index is 2.45. The monoisotopic (exact) mass is 268 g/mol. The molecule has 0 aromatic carbocycles. The Morgan fingerprint density at radius 3 is 2.58 bits per heavy atom. The highest BCUT2D eigenvalue weighted by Crippen LogP contribution is 2.20. The highest BCUT2D eigenvalue weighted by atomic mass is 16.4. The number of amides is 2. The van der Waals surface area contributed by atoms with Crippen LogP contribution in [0.25, 0.3) is 0 Å². The van der Waals surface area contributed by atoms with Crippen molar-refractivity contribution in [3.63, 3.8) is 0 Å². The van der Waals surface area contributed by atoms with Crippen LogP contribution in [0, 0.1) is 0 Å². The normalized spacial score (nSPS) is 15.0. The Morgan fingerprint density at radius 1 is 1.42 bits per heavy atom. The van der Waals surface area contributed by atoms with Crippen LogP contribution in [0.3, 0.4) is 0 Å². The molecule has 0 aromatic rings. The second-order valence-electron chi connectivity index (χ2n) is 5.89. The van der Waals surface area contributed by atoms with Gasteiger partial charge in [-0.05, 0) is 46.5 Å². The lowest BCUT2D eigenvalue weighted by Gasteiger charge is -2.34. The van der Waals surface area contributed by atoms with E-state index >= 15 is 0 Å². The van der Waals surface area contributed by atoms with Gasteiger partial charge in [0.05, 0.1) is 0 Å². The summed E-state index contributed by atoms with van der Waals surface area (Å²) in [6.07, 6.45) is 6.54. The molecule has 5 nitrogen and oxygen atoms in total. The standard InChI is InChI=1S/C14H24N2O3/c1-14(2,3)16(10-12(17)18)13(19)15-9-8-11-6-4-5-7-11/h6H,4-5,7-10H2,1-3H3,(H,15,19)(H,17,18). The smallest absolute Gasteiger partial charge is 0.323 e. The number of aliphatic carboxylic acids is 1. The average Bonchev–Trinajstić information content (AvgIpc) is 2.77. The van der Waals surface area contributed by atoms with E-state index in [4.69, 9.17) is 5.11 Å². The molecule has 0 saturated carbocycles. The van der Waals surface area contributed by atoms with E-state index < -0.39 is 11.5 Å². The first kappa shape index (κ1) is 15.5. The zero-order valence-electron chi connectivity index (χ0n) is 12.0. The van der Waals surface area contributed by atoms with Crippen molar-refractivity contribution in [2.45, 2.75) is 52.0 Å². The van der Waals surface area contributed by atoms with Crippen LogP contribution in [0.1, 0.15) is 46.5 Å². The predicted octanol–water partition coefficient (Wildman–Crippen LogP) is 2.38. The summed E-state index contributed by atoms with van der Waals surface area (Å²) in [7, 11) is 0. The Kier molecular flexibility index (Phi) is 5.39. The molecule has 0 atom stereocenters. The Morgan fingerprint density at radius 2 is 2.11 bits per heavy atom. The molecular weight excluding hydrogens is 244 g/mol. The fraction of sp³-hybridized carbons (Fsp3) is 0.714. The number of carbonyl (C=O) groups is 2. The summed E-state index contributed by atoms with van der Waals surface area (Å²) < 4.78 is 0. The van der Waals surface area contributed by atoms with Crippen LogP contribution in [-0.2, 0) is 4.79 Å². The van der Waals surface area contributed by atoms with E-state index in [1.54, 1.807) is 0 Å². The molecule has 0 unspecified atom stereocenters. The molecule has 1 rings (SSSR count). The first-order valence-electron chi connectivity index (χ1n) is 6.76. The SMILES string of the molecule is CC(C)(C)N(CC(=O)O)C(=O)NCCC1=CCCC1. The maximum atomic E-state index is 12.0. The van der Waals surface area contributed by atoms with Crippen LogP contribution >= 0.6 is 0 Å². The van der Waals surface area contributed by atoms with Crippen LogP contribution < -0.4 is 5.32 Å². The number of carboxylic acid groups (broad SMARTS) is 1. The summed E-state index contributed by atoms with van der Waals surface area (Å²) in [6.45, 7) is 5.77.